The maximum atomic E-state index is 2.45. The van der Waals surface area contributed by atoms with E-state index >= 15 is 0 Å². The van der Waals surface area contributed by atoms with Crippen LogP contribution in [0, 0.1) is 36.5 Å². The van der Waals surface area contributed by atoms with Crippen LogP contribution in [0.1, 0.15) is 107 Å². The second-order valence-electron chi connectivity index (χ2n) is 10.8. The number of benzene rings is 1. The molecule has 0 heteroatoms. The Labute approximate surface area is 174 Å². The number of hydrogen-bond acceptors (Lipinski definition) is 0. The fourth-order valence-corrected chi connectivity index (χ4v) is 7.06. The summed E-state index contributed by atoms with van der Waals surface area (Å²) in [6.07, 6.45) is 22.3. The first-order chi connectivity index (χ1) is 13.7. The zero-order valence-electron chi connectivity index (χ0n) is 18.7. The minimum Gasteiger partial charge on any atom is -0.0654 e. The van der Waals surface area contributed by atoms with E-state index in [1.807, 2.05) is 0 Å². The van der Waals surface area contributed by atoms with E-state index in [1.165, 1.54) is 69.8 Å². The SMILES string of the molecule is CCCCCCC[C@@H]1CC[C@@H]2CC(C3CCc4cc(C)ccc4C3)CCC2C1. The van der Waals surface area contributed by atoms with Gasteiger partial charge in [0.05, 0.1) is 0 Å². The molecule has 0 nitrogen and oxygen atoms in total. The summed E-state index contributed by atoms with van der Waals surface area (Å²) in [4.78, 5) is 0. The van der Waals surface area contributed by atoms with E-state index in [4.69, 9.17) is 0 Å². The summed E-state index contributed by atoms with van der Waals surface area (Å²) in [6, 6.07) is 7.22. The zero-order chi connectivity index (χ0) is 19.3. The van der Waals surface area contributed by atoms with Crippen molar-refractivity contribution >= 4 is 0 Å². The van der Waals surface area contributed by atoms with Gasteiger partial charge in [0.1, 0.15) is 0 Å². The van der Waals surface area contributed by atoms with Gasteiger partial charge >= 0.3 is 0 Å². The Morgan fingerprint density at radius 1 is 0.750 bits per heavy atom. The van der Waals surface area contributed by atoms with Crippen LogP contribution in [0.3, 0.4) is 0 Å². The Morgan fingerprint density at radius 3 is 2.36 bits per heavy atom. The first-order valence-electron chi connectivity index (χ1n) is 12.8. The topological polar surface area (TPSA) is 0 Å². The van der Waals surface area contributed by atoms with Crippen LogP contribution in [-0.4, -0.2) is 0 Å². The average Bonchev–Trinajstić information content (AvgIpc) is 2.73. The number of unbranched alkanes of at least 4 members (excludes halogenated alkanes) is 4. The lowest BCUT2D eigenvalue weighted by atomic mass is 9.61. The minimum atomic E-state index is 0.979. The first kappa shape index (κ1) is 20.5. The second kappa shape index (κ2) is 9.82. The standard InChI is InChI=1S/C28H44/c1-3-4-5-6-7-8-22-10-12-26-20-28(16-14-24(26)18-22)27-15-13-23-17-21(2)9-11-25(23)19-27/h9,11,17,22,24,26-28H,3-8,10,12-16,18-20H2,1-2H3/t22-,24?,26-,27?,28?/m1/s1. The van der Waals surface area contributed by atoms with Gasteiger partial charge in [-0.3, -0.25) is 0 Å². The van der Waals surface area contributed by atoms with Gasteiger partial charge in [-0.05, 0) is 99.0 Å². The van der Waals surface area contributed by atoms with Crippen LogP contribution in [0.5, 0.6) is 0 Å². The molecule has 0 saturated heterocycles. The van der Waals surface area contributed by atoms with Crippen LogP contribution in [-0.2, 0) is 12.8 Å². The minimum absolute atomic E-state index is 0.979. The highest BCUT2D eigenvalue weighted by Crippen LogP contribution is 2.49. The van der Waals surface area contributed by atoms with Crippen molar-refractivity contribution in [1.29, 1.82) is 0 Å². The van der Waals surface area contributed by atoms with Gasteiger partial charge in [-0.15, -0.1) is 0 Å². The van der Waals surface area contributed by atoms with Gasteiger partial charge in [0.2, 0.25) is 0 Å². The fourth-order valence-electron chi connectivity index (χ4n) is 7.06. The summed E-state index contributed by atoms with van der Waals surface area (Å²) < 4.78 is 0. The first-order valence-corrected chi connectivity index (χ1v) is 12.8. The third kappa shape index (κ3) is 5.03. The van der Waals surface area contributed by atoms with Gasteiger partial charge in [-0.1, -0.05) is 75.6 Å². The predicted molar refractivity (Wildman–Crippen MR) is 122 cm³/mol. The molecule has 3 aliphatic rings. The van der Waals surface area contributed by atoms with Gasteiger partial charge in [0, 0.05) is 0 Å². The lowest BCUT2D eigenvalue weighted by Gasteiger charge is -2.45. The molecule has 0 aromatic heterocycles. The summed E-state index contributed by atoms with van der Waals surface area (Å²) in [5.74, 6) is 5.25. The highest BCUT2D eigenvalue weighted by atomic mass is 14.4. The number of hydrogen-bond donors (Lipinski definition) is 0. The smallest absolute Gasteiger partial charge is 0.0245 e. The molecule has 0 heterocycles. The lowest BCUT2D eigenvalue weighted by molar-refractivity contribution is 0.0690. The van der Waals surface area contributed by atoms with Crippen LogP contribution >= 0.6 is 0 Å². The van der Waals surface area contributed by atoms with Crippen molar-refractivity contribution in [3.8, 4) is 0 Å². The highest BCUT2D eigenvalue weighted by molar-refractivity contribution is 5.33. The molecule has 1 aromatic rings. The summed E-state index contributed by atoms with van der Waals surface area (Å²) in [6.45, 7) is 4.57. The Hall–Kier alpha value is -0.780. The fraction of sp³-hybridized carbons (Fsp3) is 0.786. The Bertz CT molecular complexity index is 614. The van der Waals surface area contributed by atoms with Crippen LogP contribution < -0.4 is 0 Å². The molecule has 0 N–H and O–H groups in total. The zero-order valence-corrected chi connectivity index (χ0v) is 18.7. The molecular weight excluding hydrogens is 336 g/mol. The van der Waals surface area contributed by atoms with Gasteiger partial charge in [-0.25, -0.2) is 0 Å². The molecule has 156 valence electrons. The molecule has 1 aromatic carbocycles. The predicted octanol–water partition coefficient (Wildman–Crippen LogP) is 8.29. The molecule has 4 rings (SSSR count). The summed E-state index contributed by atoms with van der Waals surface area (Å²) in [7, 11) is 0. The molecule has 0 spiro atoms. The molecule has 28 heavy (non-hydrogen) atoms. The van der Waals surface area contributed by atoms with Gasteiger partial charge in [0.25, 0.3) is 0 Å². The molecule has 0 aliphatic heterocycles. The number of aryl methyl sites for hydroxylation is 2. The summed E-state index contributed by atoms with van der Waals surface area (Å²) in [5.41, 5.74) is 4.78. The van der Waals surface area contributed by atoms with E-state index in [-0.39, 0.29) is 0 Å². The van der Waals surface area contributed by atoms with Gasteiger partial charge in [-0.2, -0.15) is 0 Å². The molecule has 0 amide bonds. The highest BCUT2D eigenvalue weighted by Gasteiger charge is 2.38. The Morgan fingerprint density at radius 2 is 1.50 bits per heavy atom. The third-order valence-electron chi connectivity index (χ3n) is 8.77. The van der Waals surface area contributed by atoms with E-state index in [9.17, 15) is 0 Å². The van der Waals surface area contributed by atoms with Crippen molar-refractivity contribution < 1.29 is 0 Å². The average molecular weight is 381 g/mol. The number of rotatable bonds is 7. The van der Waals surface area contributed by atoms with Crippen LogP contribution in [0.15, 0.2) is 18.2 Å². The quantitative estimate of drug-likeness (QED) is 0.417. The van der Waals surface area contributed by atoms with Crippen LogP contribution in [0.25, 0.3) is 0 Å². The van der Waals surface area contributed by atoms with Gasteiger partial charge < -0.3 is 0 Å². The van der Waals surface area contributed by atoms with Crippen LogP contribution in [0.4, 0.5) is 0 Å². The molecule has 2 saturated carbocycles. The van der Waals surface area contributed by atoms with E-state index in [0.29, 0.717) is 0 Å². The van der Waals surface area contributed by atoms with Crippen molar-refractivity contribution in [2.24, 2.45) is 29.6 Å². The molecule has 3 unspecified atom stereocenters. The molecule has 5 atom stereocenters. The molecule has 3 aliphatic carbocycles. The lowest BCUT2D eigenvalue weighted by Crippen LogP contribution is -2.35. The van der Waals surface area contributed by atoms with E-state index in [2.05, 4.69) is 32.0 Å². The largest absolute Gasteiger partial charge is 0.0654 e. The van der Waals surface area contributed by atoms with Crippen molar-refractivity contribution in [2.75, 3.05) is 0 Å². The summed E-state index contributed by atoms with van der Waals surface area (Å²) >= 11 is 0. The van der Waals surface area contributed by atoms with Crippen molar-refractivity contribution in [3.63, 3.8) is 0 Å². The Balaban J connectivity index is 1.24. The van der Waals surface area contributed by atoms with Crippen molar-refractivity contribution in [3.05, 3.63) is 34.9 Å². The van der Waals surface area contributed by atoms with Crippen molar-refractivity contribution in [1.82, 2.24) is 0 Å². The van der Waals surface area contributed by atoms with E-state index in [1.54, 1.807) is 43.2 Å². The summed E-state index contributed by atoms with van der Waals surface area (Å²) in [5, 5.41) is 0. The third-order valence-corrected chi connectivity index (χ3v) is 8.77. The normalized spacial score (nSPS) is 32.6. The van der Waals surface area contributed by atoms with Crippen molar-refractivity contribution in [2.45, 2.75) is 110 Å². The van der Waals surface area contributed by atoms with E-state index < -0.39 is 0 Å². The molecule has 0 radical (unpaired) electrons. The molecule has 2 fully saturated rings. The second-order valence-corrected chi connectivity index (χ2v) is 10.8. The number of fused-ring (bicyclic) bond motifs is 2. The molecular formula is C28H44. The maximum Gasteiger partial charge on any atom is -0.0245 e. The van der Waals surface area contributed by atoms with Gasteiger partial charge in [0.15, 0.2) is 0 Å². The Kier molecular flexibility index (Phi) is 7.18. The van der Waals surface area contributed by atoms with E-state index in [0.717, 1.165) is 29.6 Å². The maximum absolute atomic E-state index is 2.45. The molecule has 0 bridgehead atoms. The monoisotopic (exact) mass is 380 g/mol. The van der Waals surface area contributed by atoms with Crippen LogP contribution in [0.2, 0.25) is 0 Å².